The van der Waals surface area contributed by atoms with Gasteiger partial charge >= 0.3 is 0 Å². The normalized spacial score (nSPS) is 11.1. The van der Waals surface area contributed by atoms with Crippen molar-refractivity contribution in [1.82, 2.24) is 5.32 Å². The summed E-state index contributed by atoms with van der Waals surface area (Å²) in [5.74, 6) is -0.225. The van der Waals surface area contributed by atoms with Crippen LogP contribution in [0.1, 0.15) is 11.1 Å². The SMILES string of the molecule is Cc1ccc(S(=O)(=O)c2cccc(NCC(=O)NCc3ccccc3)c2Cl)cc1. The van der Waals surface area contributed by atoms with E-state index in [4.69, 9.17) is 11.6 Å². The van der Waals surface area contributed by atoms with Gasteiger partial charge in [-0.1, -0.05) is 65.7 Å². The van der Waals surface area contributed by atoms with Crippen LogP contribution in [-0.2, 0) is 21.2 Å². The summed E-state index contributed by atoms with van der Waals surface area (Å²) >= 11 is 6.36. The first-order chi connectivity index (χ1) is 13.9. The zero-order valence-corrected chi connectivity index (χ0v) is 17.4. The lowest BCUT2D eigenvalue weighted by Crippen LogP contribution is -2.29. The summed E-state index contributed by atoms with van der Waals surface area (Å²) in [6, 6.07) is 20.8. The Kier molecular flexibility index (Phi) is 6.56. The van der Waals surface area contributed by atoms with E-state index in [1.165, 1.54) is 6.07 Å². The van der Waals surface area contributed by atoms with Crippen molar-refractivity contribution < 1.29 is 13.2 Å². The molecule has 0 aliphatic carbocycles. The number of nitrogens with one attached hydrogen (secondary N) is 2. The van der Waals surface area contributed by atoms with E-state index in [-0.39, 0.29) is 27.3 Å². The number of hydrogen-bond acceptors (Lipinski definition) is 4. The molecule has 3 rings (SSSR count). The summed E-state index contributed by atoms with van der Waals surface area (Å²) in [5.41, 5.74) is 2.34. The van der Waals surface area contributed by atoms with Crippen molar-refractivity contribution in [2.75, 3.05) is 11.9 Å². The van der Waals surface area contributed by atoms with Gasteiger partial charge in [-0.05, 0) is 36.8 Å². The van der Waals surface area contributed by atoms with Crippen LogP contribution in [0.5, 0.6) is 0 Å². The Hall–Kier alpha value is -2.83. The quantitative estimate of drug-likeness (QED) is 0.591. The van der Waals surface area contributed by atoms with Gasteiger partial charge < -0.3 is 10.6 Å². The third kappa shape index (κ3) is 5.16. The van der Waals surface area contributed by atoms with Crippen LogP contribution in [0.25, 0.3) is 0 Å². The van der Waals surface area contributed by atoms with Gasteiger partial charge in [0.05, 0.1) is 27.0 Å². The molecule has 0 unspecified atom stereocenters. The first kappa shape index (κ1) is 20.9. The van der Waals surface area contributed by atoms with E-state index in [0.29, 0.717) is 12.2 Å². The zero-order chi connectivity index (χ0) is 20.9. The van der Waals surface area contributed by atoms with Gasteiger partial charge in [0.15, 0.2) is 0 Å². The molecule has 3 aromatic carbocycles. The van der Waals surface area contributed by atoms with E-state index in [9.17, 15) is 13.2 Å². The van der Waals surface area contributed by atoms with Gasteiger partial charge in [-0.15, -0.1) is 0 Å². The van der Waals surface area contributed by atoms with Crippen LogP contribution in [0.15, 0.2) is 82.6 Å². The predicted octanol–water partition coefficient (Wildman–Crippen LogP) is 4.21. The van der Waals surface area contributed by atoms with Gasteiger partial charge in [0.1, 0.15) is 0 Å². The lowest BCUT2D eigenvalue weighted by Gasteiger charge is -2.13. The fraction of sp³-hybridized carbons (Fsp3) is 0.136. The van der Waals surface area contributed by atoms with E-state index < -0.39 is 9.84 Å². The first-order valence-corrected chi connectivity index (χ1v) is 10.9. The van der Waals surface area contributed by atoms with Gasteiger partial charge in [0.2, 0.25) is 15.7 Å². The molecule has 0 spiro atoms. The minimum absolute atomic E-state index is 0.00212. The van der Waals surface area contributed by atoms with Crippen LogP contribution in [0.2, 0.25) is 5.02 Å². The Labute approximate surface area is 175 Å². The molecule has 0 aliphatic rings. The number of sulfone groups is 1. The predicted molar refractivity (Wildman–Crippen MR) is 115 cm³/mol. The van der Waals surface area contributed by atoms with Crippen molar-refractivity contribution in [3.63, 3.8) is 0 Å². The highest BCUT2D eigenvalue weighted by molar-refractivity contribution is 7.91. The highest BCUT2D eigenvalue weighted by Crippen LogP contribution is 2.33. The maximum atomic E-state index is 12.9. The Bertz CT molecular complexity index is 1100. The van der Waals surface area contributed by atoms with Crippen LogP contribution in [0, 0.1) is 6.92 Å². The molecule has 0 aliphatic heterocycles. The average Bonchev–Trinajstić information content (AvgIpc) is 2.72. The number of carbonyl (C=O) groups excluding carboxylic acids is 1. The van der Waals surface area contributed by atoms with Crippen molar-refractivity contribution in [1.29, 1.82) is 0 Å². The number of benzene rings is 3. The number of aryl methyl sites for hydroxylation is 1. The third-order valence-corrected chi connectivity index (χ3v) is 6.69. The number of amides is 1. The number of rotatable bonds is 7. The molecular formula is C22H21ClN2O3S. The van der Waals surface area contributed by atoms with E-state index in [1.807, 2.05) is 37.3 Å². The molecule has 7 heteroatoms. The van der Waals surface area contributed by atoms with E-state index in [2.05, 4.69) is 10.6 Å². The van der Waals surface area contributed by atoms with Crippen LogP contribution >= 0.6 is 11.6 Å². The van der Waals surface area contributed by atoms with Gasteiger partial charge in [0.25, 0.3) is 0 Å². The van der Waals surface area contributed by atoms with Crippen LogP contribution < -0.4 is 10.6 Å². The lowest BCUT2D eigenvalue weighted by atomic mass is 10.2. The molecule has 29 heavy (non-hydrogen) atoms. The molecule has 0 radical (unpaired) electrons. The second-order valence-corrected chi connectivity index (χ2v) is 8.85. The molecule has 0 saturated carbocycles. The van der Waals surface area contributed by atoms with Gasteiger partial charge in [0, 0.05) is 6.54 Å². The molecule has 0 aromatic heterocycles. The Morgan fingerprint density at radius 2 is 1.62 bits per heavy atom. The number of carbonyl (C=O) groups is 1. The van der Waals surface area contributed by atoms with Gasteiger partial charge in [-0.2, -0.15) is 0 Å². The number of hydrogen-bond donors (Lipinski definition) is 2. The maximum absolute atomic E-state index is 12.9. The highest BCUT2D eigenvalue weighted by Gasteiger charge is 2.22. The summed E-state index contributed by atoms with van der Waals surface area (Å²) in [6.45, 7) is 2.27. The minimum atomic E-state index is -3.77. The molecule has 0 saturated heterocycles. The minimum Gasteiger partial charge on any atom is -0.375 e. The standard InChI is InChI=1S/C22H21ClN2O3S/c1-16-10-12-18(13-11-16)29(27,28)20-9-5-8-19(22(20)23)24-15-21(26)25-14-17-6-3-2-4-7-17/h2-13,24H,14-15H2,1H3,(H,25,26). The molecule has 3 aromatic rings. The lowest BCUT2D eigenvalue weighted by molar-refractivity contribution is -0.119. The zero-order valence-electron chi connectivity index (χ0n) is 15.9. The molecule has 1 amide bonds. The van der Waals surface area contributed by atoms with Crippen molar-refractivity contribution in [3.05, 3.63) is 88.9 Å². The topological polar surface area (TPSA) is 75.3 Å². The van der Waals surface area contributed by atoms with Gasteiger partial charge in [-0.3, -0.25) is 4.79 Å². The molecule has 5 nitrogen and oxygen atoms in total. The molecular weight excluding hydrogens is 408 g/mol. The Morgan fingerprint density at radius 3 is 2.31 bits per heavy atom. The fourth-order valence-corrected chi connectivity index (χ4v) is 4.58. The van der Waals surface area contributed by atoms with E-state index in [0.717, 1.165) is 11.1 Å². The van der Waals surface area contributed by atoms with Crippen LogP contribution in [0.4, 0.5) is 5.69 Å². The van der Waals surface area contributed by atoms with Crippen LogP contribution in [-0.4, -0.2) is 20.9 Å². The van der Waals surface area contributed by atoms with Crippen molar-refractivity contribution >= 4 is 33.0 Å². The molecule has 0 heterocycles. The molecule has 2 N–H and O–H groups in total. The fourth-order valence-electron chi connectivity index (χ4n) is 2.73. The van der Waals surface area contributed by atoms with Crippen molar-refractivity contribution in [2.24, 2.45) is 0 Å². The summed E-state index contributed by atoms with van der Waals surface area (Å²) in [7, 11) is -3.77. The average molecular weight is 429 g/mol. The second kappa shape index (κ2) is 9.11. The molecule has 0 fully saturated rings. The Balaban J connectivity index is 1.70. The van der Waals surface area contributed by atoms with Crippen molar-refractivity contribution in [2.45, 2.75) is 23.3 Å². The van der Waals surface area contributed by atoms with Crippen LogP contribution in [0.3, 0.4) is 0 Å². The summed E-state index contributed by atoms with van der Waals surface area (Å²) in [4.78, 5) is 12.3. The summed E-state index contributed by atoms with van der Waals surface area (Å²) < 4.78 is 25.8. The number of anilines is 1. The van der Waals surface area contributed by atoms with Crippen molar-refractivity contribution in [3.8, 4) is 0 Å². The summed E-state index contributed by atoms with van der Waals surface area (Å²) in [5, 5.41) is 5.77. The smallest absolute Gasteiger partial charge is 0.239 e. The Morgan fingerprint density at radius 1 is 0.931 bits per heavy atom. The number of halogens is 1. The molecule has 150 valence electrons. The first-order valence-electron chi connectivity index (χ1n) is 9.02. The third-order valence-electron chi connectivity index (χ3n) is 4.36. The highest BCUT2D eigenvalue weighted by atomic mass is 35.5. The molecule has 0 atom stereocenters. The van der Waals surface area contributed by atoms with E-state index in [1.54, 1.807) is 36.4 Å². The monoisotopic (exact) mass is 428 g/mol. The maximum Gasteiger partial charge on any atom is 0.239 e. The summed E-state index contributed by atoms with van der Waals surface area (Å²) in [6.07, 6.45) is 0. The molecule has 0 bridgehead atoms. The largest absolute Gasteiger partial charge is 0.375 e. The van der Waals surface area contributed by atoms with Gasteiger partial charge in [-0.25, -0.2) is 8.42 Å². The second-order valence-electron chi connectivity index (χ2n) is 6.55. The van der Waals surface area contributed by atoms with E-state index >= 15 is 0 Å².